The maximum absolute atomic E-state index is 13.4. The van der Waals surface area contributed by atoms with Crippen LogP contribution >= 0.6 is 11.3 Å². The molecule has 2 N–H and O–H groups in total. The lowest BCUT2D eigenvalue weighted by Crippen LogP contribution is -2.50. The van der Waals surface area contributed by atoms with Gasteiger partial charge in [-0.1, -0.05) is 41.7 Å². The molecular formula is C33H43N9O4S2. The summed E-state index contributed by atoms with van der Waals surface area (Å²) in [6.07, 6.45) is 0.924. The van der Waals surface area contributed by atoms with Crippen molar-refractivity contribution in [3.63, 3.8) is 0 Å². The maximum Gasteiger partial charge on any atom is 0.413 e. The first-order valence-corrected chi connectivity index (χ1v) is 18.4. The number of nitrogens with zero attached hydrogens (tertiary/aromatic N) is 7. The zero-order valence-electron chi connectivity index (χ0n) is 27.8. The third-order valence-electron chi connectivity index (χ3n) is 8.87. The fraction of sp³-hybridized carbons (Fsp3) is 0.455. The van der Waals surface area contributed by atoms with E-state index in [1.807, 2.05) is 0 Å². The number of anilines is 2. The smallest absolute Gasteiger partial charge is 0.413 e. The predicted octanol–water partition coefficient (Wildman–Crippen LogP) is 3.79. The van der Waals surface area contributed by atoms with Gasteiger partial charge in [-0.15, -0.1) is 0 Å². The van der Waals surface area contributed by atoms with Crippen molar-refractivity contribution in [1.82, 2.24) is 34.0 Å². The van der Waals surface area contributed by atoms with E-state index in [0.29, 0.717) is 31.9 Å². The second kappa shape index (κ2) is 14.8. The molecule has 0 bridgehead atoms. The summed E-state index contributed by atoms with van der Waals surface area (Å²) in [6, 6.07) is 15.0. The minimum atomic E-state index is -3.74. The van der Waals surface area contributed by atoms with Gasteiger partial charge in [0.05, 0.1) is 18.3 Å². The molecule has 0 aliphatic carbocycles. The molecule has 0 unspecified atom stereocenters. The molecule has 0 saturated carbocycles. The Hall–Kier alpha value is -3.73. The number of fused-ring (bicyclic) bond motifs is 1. The number of carbonyl (C=O) groups is 1. The molecule has 256 valence electrons. The number of sulfonamides is 1. The van der Waals surface area contributed by atoms with Crippen molar-refractivity contribution >= 4 is 49.3 Å². The van der Waals surface area contributed by atoms with Gasteiger partial charge in [-0.05, 0) is 44.2 Å². The first-order chi connectivity index (χ1) is 23.1. The molecule has 4 aromatic rings. The Bertz CT molecular complexity index is 1850. The lowest BCUT2D eigenvalue weighted by molar-refractivity contribution is 0.148. The summed E-state index contributed by atoms with van der Waals surface area (Å²) in [5.74, 6) is 0.779. The number of rotatable bonds is 10. The number of aryl methyl sites for hydroxylation is 1. The molecule has 1 amide bonds. The highest BCUT2D eigenvalue weighted by molar-refractivity contribution is 7.91. The number of piperazine rings is 2. The Morgan fingerprint density at radius 3 is 2.48 bits per heavy atom. The molecule has 4 heterocycles. The van der Waals surface area contributed by atoms with Gasteiger partial charge in [-0.2, -0.15) is 4.31 Å². The second-order valence-electron chi connectivity index (χ2n) is 12.5. The Labute approximate surface area is 286 Å². The van der Waals surface area contributed by atoms with E-state index in [-0.39, 0.29) is 15.4 Å². The van der Waals surface area contributed by atoms with Crippen molar-refractivity contribution in [1.29, 1.82) is 0 Å². The van der Waals surface area contributed by atoms with Crippen LogP contribution < -0.4 is 10.6 Å². The van der Waals surface area contributed by atoms with Crippen LogP contribution in [0.15, 0.2) is 53.0 Å². The van der Waals surface area contributed by atoms with Crippen LogP contribution in [0.3, 0.4) is 0 Å². The maximum atomic E-state index is 13.4. The van der Waals surface area contributed by atoms with E-state index in [4.69, 9.17) is 4.98 Å². The predicted molar refractivity (Wildman–Crippen MR) is 189 cm³/mol. The number of hydrogen-bond donors (Lipinski definition) is 2. The number of carbonyl (C=O) groups excluding carboxylic acids is 1. The molecule has 48 heavy (non-hydrogen) atoms. The van der Waals surface area contributed by atoms with Gasteiger partial charge in [-0.3, -0.25) is 15.1 Å². The number of likely N-dealkylation sites (N-methyl/N-ethyl adjacent to an activating group) is 1. The van der Waals surface area contributed by atoms with Gasteiger partial charge >= 0.3 is 6.09 Å². The summed E-state index contributed by atoms with van der Waals surface area (Å²) < 4.78 is 33.1. The fourth-order valence-corrected chi connectivity index (χ4v) is 9.24. The Kier molecular flexibility index (Phi) is 10.5. The Morgan fingerprint density at radius 1 is 1.00 bits per heavy atom. The SMILES string of the molecule is COC(=O)Nc1nc(C)c(S(=O)(=O)N2CCN(C[C@H](C)Nc3ncnc4c(-c5cccc(CN6CCN(C)CC6)c5)cccc34)CC2)s1. The van der Waals surface area contributed by atoms with E-state index in [0.717, 1.165) is 78.5 Å². The number of benzene rings is 2. The van der Waals surface area contributed by atoms with Crippen LogP contribution in [-0.2, 0) is 21.3 Å². The van der Waals surface area contributed by atoms with Crippen molar-refractivity contribution in [2.75, 3.05) is 83.7 Å². The number of aromatic nitrogens is 3. The summed E-state index contributed by atoms with van der Waals surface area (Å²) in [5, 5.41) is 7.19. The number of para-hydroxylation sites is 1. The van der Waals surface area contributed by atoms with Crippen LogP contribution in [0.4, 0.5) is 15.7 Å². The van der Waals surface area contributed by atoms with E-state index in [2.05, 4.69) is 96.5 Å². The third kappa shape index (κ3) is 7.77. The van der Waals surface area contributed by atoms with Crippen LogP contribution in [0.25, 0.3) is 22.0 Å². The van der Waals surface area contributed by atoms with Gasteiger partial charge in [0.1, 0.15) is 12.1 Å². The number of thiazole rings is 1. The molecule has 2 aromatic heterocycles. The van der Waals surface area contributed by atoms with Crippen LogP contribution in [0.1, 0.15) is 18.2 Å². The van der Waals surface area contributed by atoms with Crippen molar-refractivity contribution in [2.24, 2.45) is 0 Å². The Balaban J connectivity index is 1.08. The summed E-state index contributed by atoms with van der Waals surface area (Å²) >= 11 is 0.933. The first-order valence-electron chi connectivity index (χ1n) is 16.2. The average Bonchev–Trinajstić information content (AvgIpc) is 3.46. The highest BCUT2D eigenvalue weighted by Gasteiger charge is 2.32. The fourth-order valence-electron chi connectivity index (χ4n) is 6.29. The van der Waals surface area contributed by atoms with Crippen molar-refractivity contribution in [3.8, 4) is 11.1 Å². The quantitative estimate of drug-likeness (QED) is 0.251. The van der Waals surface area contributed by atoms with Crippen molar-refractivity contribution < 1.29 is 17.9 Å². The highest BCUT2D eigenvalue weighted by atomic mass is 32.2. The second-order valence-corrected chi connectivity index (χ2v) is 15.6. The lowest BCUT2D eigenvalue weighted by Gasteiger charge is -2.35. The van der Waals surface area contributed by atoms with Gasteiger partial charge in [-0.25, -0.2) is 28.2 Å². The normalized spacial score (nSPS) is 17.8. The Morgan fingerprint density at radius 2 is 1.73 bits per heavy atom. The molecule has 0 spiro atoms. The average molecular weight is 694 g/mol. The van der Waals surface area contributed by atoms with Gasteiger partial charge in [0.2, 0.25) is 0 Å². The van der Waals surface area contributed by atoms with E-state index in [9.17, 15) is 13.2 Å². The summed E-state index contributed by atoms with van der Waals surface area (Å²) in [6.45, 7) is 11.7. The number of ether oxygens (including phenoxy) is 1. The lowest BCUT2D eigenvalue weighted by atomic mass is 10.00. The van der Waals surface area contributed by atoms with Crippen LogP contribution in [0.2, 0.25) is 0 Å². The van der Waals surface area contributed by atoms with E-state index >= 15 is 0 Å². The summed E-state index contributed by atoms with van der Waals surface area (Å²) in [5.41, 5.74) is 4.77. The molecule has 2 fully saturated rings. The molecule has 15 heteroatoms. The zero-order valence-corrected chi connectivity index (χ0v) is 29.5. The number of nitrogens with one attached hydrogen (secondary N) is 2. The standard InChI is InChI=1S/C33H43N9O4S2/c1-23(20-40-15-17-42(18-16-40)48(44,45)31-24(2)37-32(47-31)38-33(43)46-4)36-30-28-10-6-9-27(29(28)34-22-35-30)26-8-5-7-25(19-26)21-41-13-11-39(3)12-14-41/h5-10,19,22-23H,11-18,20-21H2,1-4H3,(H,34,35,36)(H,37,38,43)/t23-/m0/s1. The van der Waals surface area contributed by atoms with Crippen molar-refractivity contribution in [2.45, 2.75) is 30.6 Å². The van der Waals surface area contributed by atoms with Crippen LogP contribution in [-0.4, -0.2) is 128 Å². The number of methoxy groups -OCH3 is 1. The van der Waals surface area contributed by atoms with E-state index in [1.165, 1.54) is 17.0 Å². The van der Waals surface area contributed by atoms with Gasteiger partial charge < -0.3 is 15.0 Å². The molecule has 2 saturated heterocycles. The molecular weight excluding hydrogens is 651 g/mol. The molecule has 2 aliphatic heterocycles. The number of hydrogen-bond acceptors (Lipinski definition) is 12. The minimum absolute atomic E-state index is 0.0533. The topological polar surface area (TPSA) is 136 Å². The minimum Gasteiger partial charge on any atom is -0.453 e. The monoisotopic (exact) mass is 693 g/mol. The molecule has 6 rings (SSSR count). The first kappa shape index (κ1) is 34.1. The molecule has 1 atom stereocenters. The van der Waals surface area contributed by atoms with Gasteiger partial charge in [0, 0.05) is 82.4 Å². The van der Waals surface area contributed by atoms with Crippen LogP contribution in [0, 0.1) is 6.92 Å². The van der Waals surface area contributed by atoms with Crippen LogP contribution in [0.5, 0.6) is 0 Å². The number of amides is 1. The van der Waals surface area contributed by atoms with E-state index in [1.54, 1.807) is 13.3 Å². The summed E-state index contributed by atoms with van der Waals surface area (Å²) in [4.78, 5) is 32.2. The molecule has 2 aliphatic rings. The van der Waals surface area contributed by atoms with E-state index < -0.39 is 16.1 Å². The largest absolute Gasteiger partial charge is 0.453 e. The highest BCUT2D eigenvalue weighted by Crippen LogP contribution is 2.32. The molecule has 0 radical (unpaired) electrons. The summed E-state index contributed by atoms with van der Waals surface area (Å²) in [7, 11) is -0.325. The zero-order chi connectivity index (χ0) is 33.8. The van der Waals surface area contributed by atoms with Gasteiger partial charge in [0.15, 0.2) is 9.34 Å². The van der Waals surface area contributed by atoms with Crippen molar-refractivity contribution in [3.05, 3.63) is 60.0 Å². The third-order valence-corrected chi connectivity index (χ3v) is 12.4. The molecule has 2 aromatic carbocycles. The van der Waals surface area contributed by atoms with Gasteiger partial charge in [0.25, 0.3) is 10.0 Å². The molecule has 13 nitrogen and oxygen atoms in total.